The molecular weight excluding hydrogens is 222 g/mol. The summed E-state index contributed by atoms with van der Waals surface area (Å²) in [6, 6.07) is 5.65. The highest BCUT2D eigenvalue weighted by molar-refractivity contribution is 7.85. The van der Waals surface area contributed by atoms with Crippen molar-refractivity contribution in [2.75, 3.05) is 18.1 Å². The van der Waals surface area contributed by atoms with Gasteiger partial charge in [-0.05, 0) is 37.5 Å². The van der Waals surface area contributed by atoms with Gasteiger partial charge >= 0.3 is 0 Å². The topological polar surface area (TPSA) is 52.3 Å². The lowest BCUT2D eigenvalue weighted by Crippen LogP contribution is -2.16. The number of nitrogen functional groups attached to an aromatic ring is 1. The Morgan fingerprint density at radius 3 is 3.06 bits per heavy atom. The van der Waals surface area contributed by atoms with E-state index in [1.807, 2.05) is 25.1 Å². The molecule has 2 unspecified atom stereocenters. The van der Waals surface area contributed by atoms with Gasteiger partial charge in [-0.3, -0.25) is 4.21 Å². The number of hydrogen-bond acceptors (Lipinski definition) is 3. The molecule has 0 bridgehead atoms. The molecule has 0 aromatic heterocycles. The first-order valence-corrected chi connectivity index (χ1v) is 6.85. The highest BCUT2D eigenvalue weighted by atomic mass is 32.2. The number of aryl methyl sites for hydroxylation is 1. The minimum Gasteiger partial charge on any atom is -0.398 e. The van der Waals surface area contributed by atoms with Gasteiger partial charge in [0.05, 0.1) is 27.6 Å². The molecule has 0 radical (unpaired) electrons. The molecule has 0 aliphatic carbocycles. The zero-order chi connectivity index (χ0) is 11.5. The fourth-order valence-electron chi connectivity index (χ4n) is 1.87. The van der Waals surface area contributed by atoms with E-state index in [4.69, 9.17) is 10.5 Å². The quantitative estimate of drug-likeness (QED) is 0.819. The molecule has 2 N–H and O–H groups in total. The number of anilines is 1. The first-order chi connectivity index (χ1) is 7.66. The Morgan fingerprint density at radius 1 is 1.56 bits per heavy atom. The van der Waals surface area contributed by atoms with Gasteiger partial charge in [-0.25, -0.2) is 0 Å². The molecule has 1 aromatic carbocycles. The van der Waals surface area contributed by atoms with E-state index < -0.39 is 10.8 Å². The van der Waals surface area contributed by atoms with Crippen molar-refractivity contribution >= 4 is 16.5 Å². The van der Waals surface area contributed by atoms with Gasteiger partial charge in [0.2, 0.25) is 0 Å². The molecule has 2 atom stereocenters. The van der Waals surface area contributed by atoms with Crippen molar-refractivity contribution in [1.82, 2.24) is 0 Å². The third kappa shape index (κ3) is 2.62. The fraction of sp³-hybridized carbons (Fsp3) is 0.500. The molecule has 1 heterocycles. The van der Waals surface area contributed by atoms with Gasteiger partial charge in [-0.1, -0.05) is 6.07 Å². The van der Waals surface area contributed by atoms with Crippen LogP contribution in [-0.2, 0) is 15.5 Å². The SMILES string of the molecule is Cc1ccc(N)c(S(=O)CC2CCCO2)c1. The zero-order valence-corrected chi connectivity index (χ0v) is 10.3. The highest BCUT2D eigenvalue weighted by Gasteiger charge is 2.20. The first-order valence-electron chi connectivity index (χ1n) is 5.53. The van der Waals surface area contributed by atoms with Crippen molar-refractivity contribution in [3.63, 3.8) is 0 Å². The third-order valence-corrected chi connectivity index (χ3v) is 4.29. The summed E-state index contributed by atoms with van der Waals surface area (Å²) in [5.41, 5.74) is 7.53. The van der Waals surface area contributed by atoms with E-state index in [0.717, 1.165) is 29.9 Å². The van der Waals surface area contributed by atoms with Crippen molar-refractivity contribution in [1.29, 1.82) is 0 Å². The molecule has 0 saturated carbocycles. The van der Waals surface area contributed by atoms with Crippen LogP contribution in [0.15, 0.2) is 23.1 Å². The first kappa shape index (κ1) is 11.6. The normalized spacial score (nSPS) is 22.2. The smallest absolute Gasteiger partial charge is 0.0694 e. The molecule has 1 fully saturated rings. The highest BCUT2D eigenvalue weighted by Crippen LogP contribution is 2.21. The molecule has 2 rings (SSSR count). The molecule has 0 amide bonds. The van der Waals surface area contributed by atoms with E-state index in [1.165, 1.54) is 0 Å². The average molecular weight is 239 g/mol. The second-order valence-corrected chi connectivity index (χ2v) is 5.65. The van der Waals surface area contributed by atoms with Crippen molar-refractivity contribution in [2.24, 2.45) is 0 Å². The molecule has 16 heavy (non-hydrogen) atoms. The minimum absolute atomic E-state index is 0.140. The standard InChI is InChI=1S/C12H17NO2S/c1-9-4-5-11(13)12(7-9)16(14)8-10-3-2-6-15-10/h4-5,7,10H,2-3,6,8,13H2,1H3. The van der Waals surface area contributed by atoms with E-state index >= 15 is 0 Å². The van der Waals surface area contributed by atoms with E-state index in [1.54, 1.807) is 0 Å². The van der Waals surface area contributed by atoms with Crippen LogP contribution in [0.2, 0.25) is 0 Å². The second-order valence-electron chi connectivity index (χ2n) is 4.19. The van der Waals surface area contributed by atoms with E-state index in [9.17, 15) is 4.21 Å². The maximum absolute atomic E-state index is 12.1. The molecule has 3 nitrogen and oxygen atoms in total. The second kappa shape index (κ2) is 4.97. The Morgan fingerprint density at radius 2 is 2.38 bits per heavy atom. The summed E-state index contributed by atoms with van der Waals surface area (Å²) >= 11 is 0. The lowest BCUT2D eigenvalue weighted by molar-refractivity contribution is 0.128. The lowest BCUT2D eigenvalue weighted by Gasteiger charge is -2.11. The van der Waals surface area contributed by atoms with Crippen LogP contribution in [0.4, 0.5) is 5.69 Å². The molecule has 1 aromatic rings. The number of ether oxygens (including phenoxy) is 1. The maximum atomic E-state index is 12.1. The van der Waals surface area contributed by atoms with Gasteiger partial charge in [0.15, 0.2) is 0 Å². The van der Waals surface area contributed by atoms with Gasteiger partial charge in [0.1, 0.15) is 0 Å². The summed E-state index contributed by atoms with van der Waals surface area (Å²) in [6.07, 6.45) is 2.23. The summed E-state index contributed by atoms with van der Waals surface area (Å²) in [6.45, 7) is 2.78. The predicted octanol–water partition coefficient (Wildman–Crippen LogP) is 1.86. The number of rotatable bonds is 3. The van der Waals surface area contributed by atoms with Crippen LogP contribution in [0.25, 0.3) is 0 Å². The van der Waals surface area contributed by atoms with Crippen LogP contribution in [-0.4, -0.2) is 22.7 Å². The van der Waals surface area contributed by atoms with E-state index in [0.29, 0.717) is 11.4 Å². The fourth-order valence-corrected chi connectivity index (χ4v) is 3.30. The average Bonchev–Trinajstić information content (AvgIpc) is 2.74. The molecule has 1 aliphatic rings. The van der Waals surface area contributed by atoms with Crippen LogP contribution in [0, 0.1) is 6.92 Å². The van der Waals surface area contributed by atoms with Gasteiger partial charge in [-0.2, -0.15) is 0 Å². The Balaban J connectivity index is 2.10. The van der Waals surface area contributed by atoms with Crippen LogP contribution >= 0.6 is 0 Å². The Labute approximate surface area is 98.4 Å². The molecule has 0 spiro atoms. The number of hydrogen-bond donors (Lipinski definition) is 1. The van der Waals surface area contributed by atoms with Gasteiger partial charge < -0.3 is 10.5 Å². The van der Waals surface area contributed by atoms with Crippen molar-refractivity contribution < 1.29 is 8.95 Å². The molecule has 1 aliphatic heterocycles. The summed E-state index contributed by atoms with van der Waals surface area (Å²) in [5, 5.41) is 0. The summed E-state index contributed by atoms with van der Waals surface area (Å²) < 4.78 is 17.6. The minimum atomic E-state index is -1.05. The predicted molar refractivity (Wildman–Crippen MR) is 65.8 cm³/mol. The van der Waals surface area contributed by atoms with E-state index in [-0.39, 0.29) is 6.10 Å². The maximum Gasteiger partial charge on any atom is 0.0694 e. The lowest BCUT2D eigenvalue weighted by atomic mass is 10.2. The summed E-state index contributed by atoms with van der Waals surface area (Å²) in [4.78, 5) is 0.746. The number of nitrogens with two attached hydrogens (primary N) is 1. The number of benzene rings is 1. The van der Waals surface area contributed by atoms with E-state index in [2.05, 4.69) is 0 Å². The molecule has 1 saturated heterocycles. The Kier molecular flexibility index (Phi) is 3.61. The van der Waals surface area contributed by atoms with Gasteiger partial charge in [0, 0.05) is 12.3 Å². The van der Waals surface area contributed by atoms with Gasteiger partial charge in [-0.15, -0.1) is 0 Å². The Bertz CT molecular complexity index is 400. The summed E-state index contributed by atoms with van der Waals surface area (Å²) in [7, 11) is -1.05. The van der Waals surface area contributed by atoms with Gasteiger partial charge in [0.25, 0.3) is 0 Å². The zero-order valence-electron chi connectivity index (χ0n) is 9.44. The van der Waals surface area contributed by atoms with Crippen LogP contribution in [0.3, 0.4) is 0 Å². The van der Waals surface area contributed by atoms with Crippen molar-refractivity contribution in [2.45, 2.75) is 30.8 Å². The monoisotopic (exact) mass is 239 g/mol. The van der Waals surface area contributed by atoms with Crippen LogP contribution < -0.4 is 5.73 Å². The molecule has 88 valence electrons. The molecular formula is C12H17NO2S. The van der Waals surface area contributed by atoms with Crippen molar-refractivity contribution in [3.8, 4) is 0 Å². The third-order valence-electron chi connectivity index (χ3n) is 2.78. The molecule has 4 heteroatoms. The van der Waals surface area contributed by atoms with Crippen LogP contribution in [0.5, 0.6) is 0 Å². The summed E-state index contributed by atoms with van der Waals surface area (Å²) in [5.74, 6) is 0.563. The Hall–Kier alpha value is -0.870. The van der Waals surface area contributed by atoms with Crippen LogP contribution in [0.1, 0.15) is 18.4 Å². The largest absolute Gasteiger partial charge is 0.398 e. The van der Waals surface area contributed by atoms with Crippen molar-refractivity contribution in [3.05, 3.63) is 23.8 Å².